The third-order valence-electron chi connectivity index (χ3n) is 2.08. The molecule has 0 saturated carbocycles. The van der Waals surface area contributed by atoms with E-state index >= 15 is 0 Å². The lowest BCUT2D eigenvalue weighted by Crippen LogP contribution is -1.83. The summed E-state index contributed by atoms with van der Waals surface area (Å²) in [6.45, 7) is 4.51. The van der Waals surface area contributed by atoms with Crippen LogP contribution in [-0.2, 0) is 0 Å². The van der Waals surface area contributed by atoms with Crippen LogP contribution in [-0.4, -0.2) is 0 Å². The van der Waals surface area contributed by atoms with Gasteiger partial charge in [-0.05, 0) is 34.6 Å². The second-order valence-electron chi connectivity index (χ2n) is 3.43. The zero-order chi connectivity index (χ0) is 9.42. The number of hydrogen-bond donors (Lipinski definition) is 0. The highest BCUT2D eigenvalue weighted by Gasteiger charge is 2.11. The average molecular weight is 302 g/mol. The van der Waals surface area contributed by atoms with Gasteiger partial charge in [-0.1, -0.05) is 32.0 Å². The van der Waals surface area contributed by atoms with E-state index in [0.717, 1.165) is 0 Å². The molecule has 0 bridgehead atoms. The molecule has 0 saturated heterocycles. The molecule has 1 aromatic heterocycles. The van der Waals surface area contributed by atoms with Gasteiger partial charge in [0, 0.05) is 18.5 Å². The Hall–Kier alpha value is -0.0900. The first-order valence-corrected chi connectivity index (χ1v) is 6.26. The zero-order valence-corrected chi connectivity index (χ0v) is 10.6. The van der Waals surface area contributed by atoms with Crippen molar-refractivity contribution in [1.29, 1.82) is 0 Å². The number of thiophene rings is 1. The summed E-state index contributed by atoms with van der Waals surface area (Å²) in [5, 5.41) is 1.41. The highest BCUT2D eigenvalue weighted by molar-refractivity contribution is 14.1. The molecule has 0 N–H and O–H groups in total. The minimum Gasteiger partial charge on any atom is -0.139 e. The predicted octanol–water partition coefficient (Wildman–Crippen LogP) is 4.63. The summed E-state index contributed by atoms with van der Waals surface area (Å²) >= 11 is 4.38. The lowest BCUT2D eigenvalue weighted by atomic mass is 10.1. The highest BCUT2D eigenvalue weighted by Crippen LogP contribution is 2.36. The molecule has 68 valence electrons. The van der Waals surface area contributed by atoms with Gasteiger partial charge in [0.15, 0.2) is 0 Å². The van der Waals surface area contributed by atoms with E-state index in [4.69, 9.17) is 0 Å². The van der Waals surface area contributed by atoms with Crippen LogP contribution >= 0.6 is 33.9 Å². The summed E-state index contributed by atoms with van der Waals surface area (Å²) in [5.74, 6) is 0.643. The van der Waals surface area contributed by atoms with Gasteiger partial charge in [-0.15, -0.1) is 11.3 Å². The lowest BCUT2D eigenvalue weighted by Gasteiger charge is -2.00. The minimum absolute atomic E-state index is 0.643. The number of hydrogen-bond acceptors (Lipinski definition) is 1. The largest absolute Gasteiger partial charge is 0.139 e. The molecule has 0 atom stereocenters. The van der Waals surface area contributed by atoms with Crippen molar-refractivity contribution < 1.29 is 0 Å². The maximum atomic E-state index is 2.46. The molecule has 0 amide bonds. The topological polar surface area (TPSA) is 0 Å². The van der Waals surface area contributed by atoms with E-state index in [-0.39, 0.29) is 0 Å². The smallest absolute Gasteiger partial charge is 0.0356 e. The van der Waals surface area contributed by atoms with Gasteiger partial charge in [0.25, 0.3) is 0 Å². The Bertz CT molecular complexity index is 429. The van der Waals surface area contributed by atoms with Crippen LogP contribution in [0.5, 0.6) is 0 Å². The van der Waals surface area contributed by atoms with Gasteiger partial charge in [-0.2, -0.15) is 0 Å². The van der Waals surface area contributed by atoms with Gasteiger partial charge in [0.05, 0.1) is 0 Å². The minimum atomic E-state index is 0.643. The van der Waals surface area contributed by atoms with Crippen LogP contribution in [0.2, 0.25) is 0 Å². The highest BCUT2D eigenvalue weighted by atomic mass is 127. The van der Waals surface area contributed by atoms with Crippen molar-refractivity contribution in [3.63, 3.8) is 0 Å². The average Bonchev–Trinajstić information content (AvgIpc) is 2.45. The fraction of sp³-hybridized carbons (Fsp3) is 0.273. The van der Waals surface area contributed by atoms with Gasteiger partial charge < -0.3 is 0 Å². The van der Waals surface area contributed by atoms with E-state index in [1.54, 1.807) is 0 Å². The first-order chi connectivity index (χ1) is 6.20. The molecular weight excluding hydrogens is 291 g/mol. The van der Waals surface area contributed by atoms with E-state index < -0.39 is 0 Å². The molecule has 13 heavy (non-hydrogen) atoms. The Kier molecular flexibility index (Phi) is 2.60. The molecule has 1 aromatic carbocycles. The molecule has 0 aliphatic rings. The van der Waals surface area contributed by atoms with Gasteiger partial charge in [-0.25, -0.2) is 0 Å². The standard InChI is InChI=1S/C11H11IS/c1-7(2)11-10(12)8-5-3-4-6-9(8)13-11/h3-7H,1-2H3. The maximum absolute atomic E-state index is 2.46. The van der Waals surface area contributed by atoms with Crippen LogP contribution in [0, 0.1) is 3.57 Å². The van der Waals surface area contributed by atoms with Crippen LogP contribution in [0.3, 0.4) is 0 Å². The second kappa shape index (κ2) is 3.58. The molecule has 0 aliphatic carbocycles. The molecule has 2 rings (SSSR count). The summed E-state index contributed by atoms with van der Waals surface area (Å²) in [5.41, 5.74) is 0. The van der Waals surface area contributed by atoms with Gasteiger partial charge >= 0.3 is 0 Å². The first-order valence-electron chi connectivity index (χ1n) is 4.37. The van der Waals surface area contributed by atoms with Crippen LogP contribution in [0.25, 0.3) is 10.1 Å². The third kappa shape index (κ3) is 1.62. The lowest BCUT2D eigenvalue weighted by molar-refractivity contribution is 0.885. The molecule has 0 fully saturated rings. The van der Waals surface area contributed by atoms with Crippen molar-refractivity contribution in [2.45, 2.75) is 19.8 Å². The summed E-state index contributed by atoms with van der Waals surface area (Å²) in [7, 11) is 0. The van der Waals surface area contributed by atoms with Crippen molar-refractivity contribution >= 4 is 44.0 Å². The second-order valence-corrected chi connectivity index (χ2v) is 5.59. The number of rotatable bonds is 1. The summed E-state index contributed by atoms with van der Waals surface area (Å²) < 4.78 is 2.85. The van der Waals surface area contributed by atoms with E-state index in [0.29, 0.717) is 5.92 Å². The van der Waals surface area contributed by atoms with Crippen LogP contribution < -0.4 is 0 Å². The van der Waals surface area contributed by atoms with Crippen molar-refractivity contribution in [1.82, 2.24) is 0 Å². The molecular formula is C11H11IS. The normalized spacial score (nSPS) is 11.4. The van der Waals surface area contributed by atoms with Crippen molar-refractivity contribution in [3.8, 4) is 0 Å². The number of benzene rings is 1. The quantitative estimate of drug-likeness (QED) is 0.674. The van der Waals surface area contributed by atoms with Crippen LogP contribution in [0.4, 0.5) is 0 Å². The Labute approximate surface area is 96.1 Å². The van der Waals surface area contributed by atoms with Gasteiger partial charge in [0.1, 0.15) is 0 Å². The number of fused-ring (bicyclic) bond motifs is 1. The van der Waals surface area contributed by atoms with E-state index in [1.165, 1.54) is 18.5 Å². The van der Waals surface area contributed by atoms with Gasteiger partial charge in [0.2, 0.25) is 0 Å². The van der Waals surface area contributed by atoms with Crippen LogP contribution in [0.1, 0.15) is 24.6 Å². The fourth-order valence-electron chi connectivity index (χ4n) is 1.40. The first kappa shape index (κ1) is 9.46. The predicted molar refractivity (Wildman–Crippen MR) is 68.6 cm³/mol. The summed E-state index contributed by atoms with van der Waals surface area (Å²) in [4.78, 5) is 1.52. The zero-order valence-electron chi connectivity index (χ0n) is 7.67. The Morgan fingerprint density at radius 3 is 2.54 bits per heavy atom. The molecule has 0 radical (unpaired) electrons. The van der Waals surface area contributed by atoms with E-state index in [9.17, 15) is 0 Å². The van der Waals surface area contributed by atoms with Crippen molar-refractivity contribution in [2.75, 3.05) is 0 Å². The Morgan fingerprint density at radius 1 is 1.23 bits per heavy atom. The summed E-state index contributed by atoms with van der Waals surface area (Å²) in [6, 6.07) is 8.63. The fourth-order valence-corrected chi connectivity index (χ4v) is 4.11. The monoisotopic (exact) mass is 302 g/mol. The Morgan fingerprint density at radius 2 is 1.92 bits per heavy atom. The molecule has 2 heteroatoms. The molecule has 0 spiro atoms. The maximum Gasteiger partial charge on any atom is 0.0356 e. The molecule has 1 heterocycles. The van der Waals surface area contributed by atoms with Crippen molar-refractivity contribution in [2.24, 2.45) is 0 Å². The molecule has 0 aliphatic heterocycles. The molecule has 0 nitrogen and oxygen atoms in total. The van der Waals surface area contributed by atoms with Crippen molar-refractivity contribution in [3.05, 3.63) is 32.7 Å². The SMILES string of the molecule is CC(C)c1sc2ccccc2c1I. The number of halogens is 1. The molecule has 0 unspecified atom stereocenters. The van der Waals surface area contributed by atoms with E-state index in [1.807, 2.05) is 11.3 Å². The van der Waals surface area contributed by atoms with E-state index in [2.05, 4.69) is 60.7 Å². The Balaban J connectivity index is 2.74. The van der Waals surface area contributed by atoms with Crippen LogP contribution in [0.15, 0.2) is 24.3 Å². The van der Waals surface area contributed by atoms with Gasteiger partial charge in [-0.3, -0.25) is 0 Å². The molecule has 2 aromatic rings. The third-order valence-corrected chi connectivity index (χ3v) is 5.08. The summed E-state index contributed by atoms with van der Waals surface area (Å²) in [6.07, 6.45) is 0.